The molecule has 2 unspecified atom stereocenters. The van der Waals surface area contributed by atoms with Crippen LogP contribution in [0, 0.1) is 10.1 Å². The average Bonchev–Trinajstić information content (AvgIpc) is 2.68. The Labute approximate surface area is 151 Å². The number of ether oxygens (including phenoxy) is 1. The van der Waals surface area contributed by atoms with Gasteiger partial charge < -0.3 is 10.1 Å². The third-order valence-corrected chi connectivity index (χ3v) is 4.60. The molecule has 5 nitrogen and oxygen atoms in total. The van der Waals surface area contributed by atoms with E-state index < -0.39 is 0 Å². The molecule has 0 fully saturated rings. The second kappa shape index (κ2) is 6.98. The fourth-order valence-corrected chi connectivity index (χ4v) is 3.37. The fourth-order valence-electron chi connectivity index (χ4n) is 3.37. The van der Waals surface area contributed by atoms with Gasteiger partial charge in [-0.15, -0.1) is 0 Å². The molecule has 0 bridgehead atoms. The van der Waals surface area contributed by atoms with Crippen molar-refractivity contribution in [1.82, 2.24) is 0 Å². The molecule has 26 heavy (non-hydrogen) atoms. The lowest BCUT2D eigenvalue weighted by atomic mass is 9.93. The maximum Gasteiger partial charge on any atom is 0.275 e. The number of nitro benzene ring substituents is 1. The van der Waals surface area contributed by atoms with Crippen LogP contribution >= 0.6 is 0 Å². The van der Waals surface area contributed by atoms with Crippen LogP contribution in [0.1, 0.15) is 29.0 Å². The molecule has 0 aromatic heterocycles. The van der Waals surface area contributed by atoms with Crippen LogP contribution in [-0.4, -0.2) is 4.92 Å². The molecule has 5 heteroatoms. The normalized spacial score (nSPS) is 18.8. The Morgan fingerprint density at radius 3 is 2.31 bits per heavy atom. The second-order valence-electron chi connectivity index (χ2n) is 6.23. The van der Waals surface area contributed by atoms with Crippen molar-refractivity contribution in [2.24, 2.45) is 0 Å². The third kappa shape index (κ3) is 3.17. The van der Waals surface area contributed by atoms with E-state index in [-0.39, 0.29) is 22.9 Å². The van der Waals surface area contributed by atoms with Crippen molar-refractivity contribution in [2.75, 3.05) is 5.32 Å². The van der Waals surface area contributed by atoms with Gasteiger partial charge in [-0.3, -0.25) is 10.1 Å². The molecule has 0 spiro atoms. The van der Waals surface area contributed by atoms with E-state index in [1.165, 1.54) is 6.07 Å². The molecule has 1 N–H and O–H groups in total. The van der Waals surface area contributed by atoms with Crippen LogP contribution in [0.2, 0.25) is 0 Å². The first-order chi connectivity index (χ1) is 12.7. The van der Waals surface area contributed by atoms with Gasteiger partial charge in [0.1, 0.15) is 0 Å². The first-order valence-corrected chi connectivity index (χ1v) is 8.50. The van der Waals surface area contributed by atoms with Gasteiger partial charge in [0, 0.05) is 23.7 Å². The molecule has 3 aromatic carbocycles. The SMILES string of the molecule is O=[N+]([O-])c1ccccc1C1Cc2ccccc2C(Nc2ccccc2)O1. The Morgan fingerprint density at radius 2 is 1.54 bits per heavy atom. The molecule has 2 atom stereocenters. The van der Waals surface area contributed by atoms with E-state index >= 15 is 0 Å². The molecule has 3 aromatic rings. The third-order valence-electron chi connectivity index (χ3n) is 4.60. The van der Waals surface area contributed by atoms with Gasteiger partial charge in [-0.05, 0) is 23.8 Å². The van der Waals surface area contributed by atoms with Crippen molar-refractivity contribution in [3.63, 3.8) is 0 Å². The van der Waals surface area contributed by atoms with E-state index in [0.717, 1.165) is 16.8 Å². The Morgan fingerprint density at radius 1 is 0.885 bits per heavy atom. The van der Waals surface area contributed by atoms with Gasteiger partial charge in [-0.25, -0.2) is 0 Å². The number of para-hydroxylation sites is 2. The highest BCUT2D eigenvalue weighted by atomic mass is 16.6. The molecule has 1 aliphatic heterocycles. The van der Waals surface area contributed by atoms with Gasteiger partial charge in [0.15, 0.2) is 6.23 Å². The molecule has 4 rings (SSSR count). The van der Waals surface area contributed by atoms with Crippen molar-refractivity contribution >= 4 is 11.4 Å². The lowest BCUT2D eigenvalue weighted by molar-refractivity contribution is -0.386. The predicted molar refractivity (Wildman–Crippen MR) is 99.9 cm³/mol. The summed E-state index contributed by atoms with van der Waals surface area (Å²) in [7, 11) is 0. The summed E-state index contributed by atoms with van der Waals surface area (Å²) in [6, 6.07) is 24.7. The fraction of sp³-hybridized carbons (Fsp3) is 0.143. The van der Waals surface area contributed by atoms with E-state index in [0.29, 0.717) is 12.0 Å². The van der Waals surface area contributed by atoms with Crippen LogP contribution in [0.5, 0.6) is 0 Å². The number of anilines is 1. The van der Waals surface area contributed by atoms with Crippen LogP contribution in [0.4, 0.5) is 11.4 Å². The van der Waals surface area contributed by atoms with Crippen molar-refractivity contribution in [3.05, 3.63) is 106 Å². The monoisotopic (exact) mass is 346 g/mol. The van der Waals surface area contributed by atoms with Crippen molar-refractivity contribution < 1.29 is 9.66 Å². The topological polar surface area (TPSA) is 64.4 Å². The van der Waals surface area contributed by atoms with E-state index in [4.69, 9.17) is 4.74 Å². The van der Waals surface area contributed by atoms with E-state index in [2.05, 4.69) is 11.4 Å². The van der Waals surface area contributed by atoms with E-state index in [9.17, 15) is 10.1 Å². The lowest BCUT2D eigenvalue weighted by Gasteiger charge is -2.33. The minimum atomic E-state index is -0.382. The van der Waals surface area contributed by atoms with Gasteiger partial charge in [-0.2, -0.15) is 0 Å². The van der Waals surface area contributed by atoms with Crippen LogP contribution in [-0.2, 0) is 11.2 Å². The number of benzene rings is 3. The Kier molecular flexibility index (Phi) is 4.37. The zero-order chi connectivity index (χ0) is 17.9. The minimum Gasteiger partial charge on any atom is -0.356 e. The zero-order valence-corrected chi connectivity index (χ0v) is 14.0. The smallest absolute Gasteiger partial charge is 0.275 e. The molecular formula is C21H18N2O3. The summed E-state index contributed by atoms with van der Waals surface area (Å²) in [4.78, 5) is 11.1. The molecule has 1 aliphatic rings. The summed E-state index contributed by atoms with van der Waals surface area (Å²) < 4.78 is 6.28. The minimum absolute atomic E-state index is 0.0929. The van der Waals surface area contributed by atoms with Crippen LogP contribution in [0.25, 0.3) is 0 Å². The highest BCUT2D eigenvalue weighted by Gasteiger charge is 2.31. The number of nitrogens with zero attached hydrogens (tertiary/aromatic N) is 1. The van der Waals surface area contributed by atoms with Crippen molar-refractivity contribution in [2.45, 2.75) is 18.8 Å². The summed E-state index contributed by atoms with van der Waals surface area (Å²) in [5, 5.41) is 14.8. The highest BCUT2D eigenvalue weighted by molar-refractivity contribution is 5.48. The maximum absolute atomic E-state index is 11.4. The molecular weight excluding hydrogens is 328 g/mol. The maximum atomic E-state index is 11.4. The lowest BCUT2D eigenvalue weighted by Crippen LogP contribution is -2.25. The van der Waals surface area contributed by atoms with Gasteiger partial charge in [0.25, 0.3) is 5.69 Å². The number of hydrogen-bond acceptors (Lipinski definition) is 4. The quantitative estimate of drug-likeness (QED) is 0.532. The van der Waals surface area contributed by atoms with Gasteiger partial charge in [0.2, 0.25) is 0 Å². The summed E-state index contributed by atoms with van der Waals surface area (Å²) in [5.41, 5.74) is 3.83. The molecule has 0 saturated carbocycles. The van der Waals surface area contributed by atoms with E-state index in [1.54, 1.807) is 12.1 Å². The van der Waals surface area contributed by atoms with Crippen LogP contribution in [0.15, 0.2) is 78.9 Å². The Balaban J connectivity index is 1.71. The first kappa shape index (κ1) is 16.3. The zero-order valence-electron chi connectivity index (χ0n) is 14.0. The summed E-state index contributed by atoms with van der Waals surface area (Å²) in [6.45, 7) is 0. The molecule has 1 heterocycles. The van der Waals surface area contributed by atoms with Crippen molar-refractivity contribution in [1.29, 1.82) is 0 Å². The predicted octanol–water partition coefficient (Wildman–Crippen LogP) is 5.02. The average molecular weight is 346 g/mol. The number of nitro groups is 1. The standard InChI is InChI=1S/C21H18N2O3/c24-23(25)19-13-7-6-12-18(19)20-14-15-8-4-5-11-17(15)21(26-20)22-16-9-2-1-3-10-16/h1-13,20-22H,14H2. The van der Waals surface area contributed by atoms with Crippen LogP contribution in [0.3, 0.4) is 0 Å². The highest BCUT2D eigenvalue weighted by Crippen LogP contribution is 2.40. The Hall–Kier alpha value is -3.18. The molecule has 0 saturated heterocycles. The second-order valence-corrected chi connectivity index (χ2v) is 6.23. The number of nitrogens with one attached hydrogen (secondary N) is 1. The number of fused-ring (bicyclic) bond motifs is 1. The number of hydrogen-bond donors (Lipinski definition) is 1. The van der Waals surface area contributed by atoms with Crippen LogP contribution < -0.4 is 5.32 Å². The molecule has 0 radical (unpaired) electrons. The van der Waals surface area contributed by atoms with Crippen molar-refractivity contribution in [3.8, 4) is 0 Å². The molecule has 130 valence electrons. The van der Waals surface area contributed by atoms with Gasteiger partial charge in [0.05, 0.1) is 16.6 Å². The van der Waals surface area contributed by atoms with Gasteiger partial charge >= 0.3 is 0 Å². The first-order valence-electron chi connectivity index (χ1n) is 8.50. The molecule has 0 amide bonds. The number of rotatable bonds is 4. The Bertz CT molecular complexity index is 927. The molecule has 0 aliphatic carbocycles. The largest absolute Gasteiger partial charge is 0.356 e. The summed E-state index contributed by atoms with van der Waals surface area (Å²) in [5.74, 6) is 0. The summed E-state index contributed by atoms with van der Waals surface area (Å²) in [6.07, 6.45) is -0.145. The van der Waals surface area contributed by atoms with E-state index in [1.807, 2.05) is 54.6 Å². The van der Waals surface area contributed by atoms with Gasteiger partial charge in [-0.1, -0.05) is 54.6 Å². The summed E-state index contributed by atoms with van der Waals surface area (Å²) >= 11 is 0.